The van der Waals surface area contributed by atoms with Crippen molar-refractivity contribution in [3.8, 4) is 0 Å². The van der Waals surface area contributed by atoms with Crippen LogP contribution >= 0.6 is 0 Å². The largest absolute Gasteiger partial charge is 0.462 e. The van der Waals surface area contributed by atoms with E-state index in [0.29, 0.717) is 17.3 Å². The van der Waals surface area contributed by atoms with Crippen molar-refractivity contribution in [3.63, 3.8) is 0 Å². The van der Waals surface area contributed by atoms with Gasteiger partial charge in [0.25, 0.3) is 0 Å². The van der Waals surface area contributed by atoms with Crippen molar-refractivity contribution in [2.75, 3.05) is 0 Å². The van der Waals surface area contributed by atoms with Gasteiger partial charge in [-0.05, 0) is 97.7 Å². The Morgan fingerprint density at radius 2 is 1.82 bits per heavy atom. The predicted molar refractivity (Wildman–Crippen MR) is 142 cm³/mol. The molecule has 4 aliphatic rings. The van der Waals surface area contributed by atoms with Gasteiger partial charge in [0.1, 0.15) is 6.10 Å². The molecular formula is C32H54O2. The number of ether oxygens (including phenoxy) is 1. The molecule has 8 atom stereocenters. The molecule has 0 aromatic carbocycles. The molecule has 34 heavy (non-hydrogen) atoms. The Labute approximate surface area is 211 Å². The second-order valence-electron chi connectivity index (χ2n) is 13.7. The van der Waals surface area contributed by atoms with Crippen LogP contribution in [0.3, 0.4) is 0 Å². The van der Waals surface area contributed by atoms with Crippen LogP contribution < -0.4 is 0 Å². The molecule has 2 heteroatoms. The molecule has 0 spiro atoms. The number of carbonyl (C=O) groups excluding carboxylic acids is 1. The van der Waals surface area contributed by atoms with Gasteiger partial charge in [-0.1, -0.05) is 78.9 Å². The van der Waals surface area contributed by atoms with Gasteiger partial charge in [0.15, 0.2) is 0 Å². The molecule has 0 amide bonds. The Morgan fingerprint density at radius 1 is 1.03 bits per heavy atom. The van der Waals surface area contributed by atoms with Gasteiger partial charge in [0.05, 0.1) is 0 Å². The summed E-state index contributed by atoms with van der Waals surface area (Å²) in [6.07, 6.45) is 19.9. The lowest BCUT2D eigenvalue weighted by molar-refractivity contribution is -0.151. The van der Waals surface area contributed by atoms with Crippen molar-refractivity contribution in [3.05, 3.63) is 11.6 Å². The molecule has 2 nitrogen and oxygen atoms in total. The second-order valence-corrected chi connectivity index (χ2v) is 13.7. The first-order valence-corrected chi connectivity index (χ1v) is 15.1. The summed E-state index contributed by atoms with van der Waals surface area (Å²) in [6.45, 7) is 14.7. The Hall–Kier alpha value is -0.790. The van der Waals surface area contributed by atoms with Crippen molar-refractivity contribution in [2.24, 2.45) is 46.3 Å². The summed E-state index contributed by atoms with van der Waals surface area (Å²) in [5.74, 6) is 5.32. The van der Waals surface area contributed by atoms with Crippen molar-refractivity contribution >= 4 is 5.97 Å². The van der Waals surface area contributed by atoms with E-state index < -0.39 is 0 Å². The number of rotatable bonds is 9. The lowest BCUT2D eigenvalue weighted by Gasteiger charge is -2.58. The first-order valence-electron chi connectivity index (χ1n) is 15.1. The zero-order chi connectivity index (χ0) is 24.5. The number of hydrogen-bond donors (Lipinski definition) is 0. The molecule has 3 fully saturated rings. The quantitative estimate of drug-likeness (QED) is 0.248. The molecular weight excluding hydrogens is 416 g/mol. The zero-order valence-corrected chi connectivity index (χ0v) is 23.3. The van der Waals surface area contributed by atoms with Crippen LogP contribution in [0.4, 0.5) is 0 Å². The van der Waals surface area contributed by atoms with E-state index in [0.717, 1.165) is 61.2 Å². The minimum absolute atomic E-state index is 0.0256. The monoisotopic (exact) mass is 470 g/mol. The molecule has 0 aliphatic heterocycles. The molecule has 0 aromatic heterocycles. The molecule has 0 aromatic rings. The number of allylic oxidation sites excluding steroid dienone is 1. The number of carbonyl (C=O) groups is 1. The van der Waals surface area contributed by atoms with Crippen LogP contribution in [0.5, 0.6) is 0 Å². The maximum atomic E-state index is 12.2. The number of hydrogen-bond acceptors (Lipinski definition) is 2. The summed E-state index contributed by atoms with van der Waals surface area (Å²) in [6, 6.07) is 0. The summed E-state index contributed by atoms with van der Waals surface area (Å²) in [5.41, 5.74) is 2.54. The van der Waals surface area contributed by atoms with Crippen molar-refractivity contribution in [1.82, 2.24) is 0 Å². The first-order chi connectivity index (χ1) is 16.2. The van der Waals surface area contributed by atoms with Crippen LogP contribution in [0, 0.1) is 46.3 Å². The summed E-state index contributed by atoms with van der Waals surface area (Å²) in [4.78, 5) is 12.2. The third-order valence-electron chi connectivity index (χ3n) is 11.3. The van der Waals surface area contributed by atoms with Gasteiger partial charge in [-0.3, -0.25) is 4.79 Å². The minimum Gasteiger partial charge on any atom is -0.462 e. The Kier molecular flexibility index (Phi) is 8.25. The lowest BCUT2D eigenvalue weighted by atomic mass is 9.47. The van der Waals surface area contributed by atoms with Gasteiger partial charge in [0.2, 0.25) is 0 Å². The fourth-order valence-electron chi connectivity index (χ4n) is 9.32. The highest BCUT2D eigenvalue weighted by Gasteiger charge is 2.59. The highest BCUT2D eigenvalue weighted by atomic mass is 16.5. The summed E-state index contributed by atoms with van der Waals surface area (Å²) in [5, 5.41) is 0. The van der Waals surface area contributed by atoms with E-state index in [4.69, 9.17) is 4.74 Å². The predicted octanol–water partition coefficient (Wildman–Crippen LogP) is 9.13. The average Bonchev–Trinajstić information content (AvgIpc) is 3.15. The third-order valence-corrected chi connectivity index (χ3v) is 11.3. The number of esters is 1. The molecule has 0 unspecified atom stereocenters. The minimum atomic E-state index is 0.0256. The lowest BCUT2D eigenvalue weighted by Crippen LogP contribution is -2.51. The van der Waals surface area contributed by atoms with E-state index in [2.05, 4.69) is 47.6 Å². The van der Waals surface area contributed by atoms with Crippen molar-refractivity contribution in [2.45, 2.75) is 138 Å². The van der Waals surface area contributed by atoms with Gasteiger partial charge in [-0.2, -0.15) is 0 Å². The molecule has 4 rings (SSSR count). The second kappa shape index (κ2) is 10.7. The van der Waals surface area contributed by atoms with Crippen molar-refractivity contribution < 1.29 is 9.53 Å². The smallest absolute Gasteiger partial charge is 0.306 e. The van der Waals surface area contributed by atoms with Crippen molar-refractivity contribution in [1.29, 1.82) is 0 Å². The summed E-state index contributed by atoms with van der Waals surface area (Å²) in [7, 11) is 0. The molecule has 0 N–H and O–H groups in total. The molecule has 3 saturated carbocycles. The Morgan fingerprint density at radius 3 is 2.56 bits per heavy atom. The third kappa shape index (κ3) is 5.04. The van der Waals surface area contributed by atoms with E-state index in [1.165, 1.54) is 57.8 Å². The molecule has 194 valence electrons. The van der Waals surface area contributed by atoms with Gasteiger partial charge in [-0.25, -0.2) is 0 Å². The molecule has 0 radical (unpaired) electrons. The Bertz CT molecular complexity index is 737. The fraction of sp³-hybridized carbons (Fsp3) is 0.906. The molecule has 0 bridgehead atoms. The van der Waals surface area contributed by atoms with E-state index >= 15 is 0 Å². The normalized spacial score (nSPS) is 40.2. The maximum absolute atomic E-state index is 12.2. The molecule has 0 heterocycles. The van der Waals surface area contributed by atoms with E-state index in [9.17, 15) is 4.79 Å². The first kappa shape index (κ1) is 26.3. The van der Waals surface area contributed by atoms with Crippen LogP contribution in [0.25, 0.3) is 0 Å². The van der Waals surface area contributed by atoms with E-state index in [-0.39, 0.29) is 12.1 Å². The van der Waals surface area contributed by atoms with Crippen LogP contribution in [0.2, 0.25) is 0 Å². The van der Waals surface area contributed by atoms with Crippen LogP contribution in [-0.2, 0) is 9.53 Å². The average molecular weight is 471 g/mol. The van der Waals surface area contributed by atoms with Crippen LogP contribution in [-0.4, -0.2) is 12.1 Å². The standard InChI is InChI=1S/C32H54O2/c1-7-8-12-30(33)34-25-17-19-31(5)24(21-25)13-14-26-28-16-15-27(23(4)11-9-10-22(2)3)32(28,6)20-18-29(26)31/h13,22-23,25-29H,7-12,14-21H2,1-6H3/t23-,25+,26-,27-,28-,29-,31+,32-/m1/s1. The van der Waals surface area contributed by atoms with Gasteiger partial charge in [-0.15, -0.1) is 0 Å². The fourth-order valence-corrected chi connectivity index (χ4v) is 9.32. The molecule has 4 aliphatic carbocycles. The maximum Gasteiger partial charge on any atom is 0.306 e. The van der Waals surface area contributed by atoms with Crippen LogP contribution in [0.1, 0.15) is 131 Å². The highest BCUT2D eigenvalue weighted by Crippen LogP contribution is 2.67. The highest BCUT2D eigenvalue weighted by molar-refractivity contribution is 5.69. The van der Waals surface area contributed by atoms with Crippen LogP contribution in [0.15, 0.2) is 11.6 Å². The topological polar surface area (TPSA) is 26.3 Å². The molecule has 0 saturated heterocycles. The van der Waals surface area contributed by atoms with Gasteiger partial charge >= 0.3 is 5.97 Å². The summed E-state index contributed by atoms with van der Waals surface area (Å²) >= 11 is 0. The van der Waals surface area contributed by atoms with Gasteiger partial charge in [0, 0.05) is 12.8 Å². The zero-order valence-electron chi connectivity index (χ0n) is 23.3. The number of fused-ring (bicyclic) bond motifs is 5. The van der Waals surface area contributed by atoms with E-state index in [1.807, 2.05) is 0 Å². The SMILES string of the molecule is CCCCC(=O)O[C@H]1CC[C@@]2(C)C(=CC[C@@H]3[C@H]4CC[C@H]([C@H](C)CCCC(C)C)[C@@]4(C)CC[C@H]32)C1. The van der Waals surface area contributed by atoms with Gasteiger partial charge < -0.3 is 4.74 Å². The van der Waals surface area contributed by atoms with E-state index in [1.54, 1.807) is 5.57 Å². The Balaban J connectivity index is 1.41. The summed E-state index contributed by atoms with van der Waals surface area (Å²) < 4.78 is 5.92. The number of unbranched alkanes of at least 4 members (excludes halogenated alkanes) is 1.